The van der Waals surface area contributed by atoms with Gasteiger partial charge in [0, 0.05) is 23.1 Å². The minimum absolute atomic E-state index is 0.605. The van der Waals surface area contributed by atoms with Crippen molar-refractivity contribution in [1.82, 2.24) is 4.98 Å². The first kappa shape index (κ1) is 12.0. The molecular formula is C14H21N3. The van der Waals surface area contributed by atoms with E-state index in [-0.39, 0.29) is 0 Å². The molecule has 3 heteroatoms. The van der Waals surface area contributed by atoms with Crippen LogP contribution in [-0.2, 0) is 0 Å². The number of hydrogen-bond donors (Lipinski definition) is 3. The second-order valence-electron chi connectivity index (χ2n) is 4.73. The lowest BCUT2D eigenvalue weighted by Gasteiger charge is -2.12. The number of hydrogen-bond acceptors (Lipinski definition) is 2. The van der Waals surface area contributed by atoms with Gasteiger partial charge in [0.2, 0.25) is 0 Å². The molecule has 0 aliphatic carbocycles. The number of rotatable bonds is 5. The summed E-state index contributed by atoms with van der Waals surface area (Å²) in [7, 11) is 0. The quantitative estimate of drug-likeness (QED) is 0.741. The highest BCUT2D eigenvalue weighted by Gasteiger charge is 2.08. The number of aromatic amines is 1. The summed E-state index contributed by atoms with van der Waals surface area (Å²) in [6.45, 7) is 6.07. The highest BCUT2D eigenvalue weighted by molar-refractivity contribution is 5.94. The average molecular weight is 231 g/mol. The fourth-order valence-corrected chi connectivity index (χ4v) is 2.17. The predicted octanol–water partition coefficient (Wildman–Crippen LogP) is 2.87. The van der Waals surface area contributed by atoms with Crippen LogP contribution < -0.4 is 11.1 Å². The molecule has 0 bridgehead atoms. The minimum atomic E-state index is 0.605. The third-order valence-electron chi connectivity index (χ3n) is 3.18. The maximum Gasteiger partial charge on any atom is 0.0628 e. The van der Waals surface area contributed by atoms with Gasteiger partial charge in [0.1, 0.15) is 0 Å². The normalized spacial score (nSPS) is 12.9. The fourth-order valence-electron chi connectivity index (χ4n) is 2.17. The van der Waals surface area contributed by atoms with Crippen LogP contribution in [-0.4, -0.2) is 18.1 Å². The molecule has 3 nitrogen and oxygen atoms in total. The Balaban J connectivity index is 2.15. The van der Waals surface area contributed by atoms with Crippen LogP contribution in [0.15, 0.2) is 24.3 Å². The summed E-state index contributed by atoms with van der Waals surface area (Å²) in [6.07, 6.45) is 1.06. The van der Waals surface area contributed by atoms with Gasteiger partial charge in [-0.3, -0.25) is 0 Å². The standard InChI is InChI=1S/C14H21N3/c1-10(7-8-15)9-16-14-11(2)17-13-6-4-3-5-12(13)14/h3-6,10,16-17H,7-9,15H2,1-2H3. The van der Waals surface area contributed by atoms with Gasteiger partial charge in [-0.15, -0.1) is 0 Å². The molecule has 2 aromatic rings. The number of para-hydroxylation sites is 1. The van der Waals surface area contributed by atoms with Crippen molar-refractivity contribution >= 4 is 16.6 Å². The molecule has 0 radical (unpaired) electrons. The molecule has 92 valence electrons. The Morgan fingerprint density at radius 2 is 2.12 bits per heavy atom. The number of fused-ring (bicyclic) bond motifs is 1. The van der Waals surface area contributed by atoms with Crippen LogP contribution in [0.3, 0.4) is 0 Å². The number of anilines is 1. The van der Waals surface area contributed by atoms with Crippen molar-refractivity contribution < 1.29 is 0 Å². The molecule has 1 aromatic carbocycles. The van der Waals surface area contributed by atoms with Crippen molar-refractivity contribution in [2.24, 2.45) is 11.7 Å². The van der Waals surface area contributed by atoms with Crippen molar-refractivity contribution in [2.75, 3.05) is 18.4 Å². The molecule has 0 fully saturated rings. The topological polar surface area (TPSA) is 53.8 Å². The number of nitrogens with one attached hydrogen (secondary N) is 2. The Kier molecular flexibility index (Phi) is 3.69. The van der Waals surface area contributed by atoms with Gasteiger partial charge in [-0.1, -0.05) is 25.1 Å². The Morgan fingerprint density at radius 1 is 1.35 bits per heavy atom. The highest BCUT2D eigenvalue weighted by atomic mass is 14.9. The largest absolute Gasteiger partial charge is 0.383 e. The van der Waals surface area contributed by atoms with Gasteiger partial charge in [0.25, 0.3) is 0 Å². The summed E-state index contributed by atoms with van der Waals surface area (Å²) in [4.78, 5) is 3.40. The number of H-pyrrole nitrogens is 1. The summed E-state index contributed by atoms with van der Waals surface area (Å²) in [5.74, 6) is 0.605. The van der Waals surface area contributed by atoms with Crippen LogP contribution in [0.4, 0.5) is 5.69 Å². The SMILES string of the molecule is Cc1[nH]c2ccccc2c1NCC(C)CCN. The molecule has 1 aromatic heterocycles. The van der Waals surface area contributed by atoms with Gasteiger partial charge in [0.15, 0.2) is 0 Å². The maximum atomic E-state index is 5.56. The van der Waals surface area contributed by atoms with Crippen molar-refractivity contribution in [1.29, 1.82) is 0 Å². The van der Waals surface area contributed by atoms with Crippen molar-refractivity contribution in [3.05, 3.63) is 30.0 Å². The summed E-state index contributed by atoms with van der Waals surface area (Å²) < 4.78 is 0. The number of aryl methyl sites for hydroxylation is 1. The maximum absolute atomic E-state index is 5.56. The van der Waals surface area contributed by atoms with E-state index in [0.717, 1.165) is 19.5 Å². The van der Waals surface area contributed by atoms with E-state index in [1.165, 1.54) is 22.3 Å². The molecule has 0 saturated carbocycles. The van der Waals surface area contributed by atoms with Crippen molar-refractivity contribution in [3.63, 3.8) is 0 Å². The molecule has 2 rings (SSSR count). The molecule has 0 amide bonds. The van der Waals surface area contributed by atoms with E-state index in [1.807, 2.05) is 0 Å². The fraction of sp³-hybridized carbons (Fsp3) is 0.429. The summed E-state index contributed by atoms with van der Waals surface area (Å²) in [5.41, 5.74) is 9.18. The minimum Gasteiger partial charge on any atom is -0.383 e. The van der Waals surface area contributed by atoms with Crippen LogP contribution >= 0.6 is 0 Å². The predicted molar refractivity (Wildman–Crippen MR) is 74.4 cm³/mol. The van der Waals surface area contributed by atoms with Gasteiger partial charge in [0.05, 0.1) is 5.69 Å². The molecule has 17 heavy (non-hydrogen) atoms. The Hall–Kier alpha value is -1.48. The zero-order valence-corrected chi connectivity index (χ0v) is 10.6. The zero-order valence-electron chi connectivity index (χ0n) is 10.6. The van der Waals surface area contributed by atoms with Crippen molar-refractivity contribution in [3.8, 4) is 0 Å². The third-order valence-corrected chi connectivity index (χ3v) is 3.18. The van der Waals surface area contributed by atoms with Gasteiger partial charge in [-0.2, -0.15) is 0 Å². The van der Waals surface area contributed by atoms with Gasteiger partial charge in [-0.05, 0) is 31.9 Å². The molecule has 0 aliphatic rings. The molecular weight excluding hydrogens is 210 g/mol. The highest BCUT2D eigenvalue weighted by Crippen LogP contribution is 2.27. The van der Waals surface area contributed by atoms with Crippen LogP contribution in [0.2, 0.25) is 0 Å². The number of aromatic nitrogens is 1. The monoisotopic (exact) mass is 231 g/mol. The van der Waals surface area contributed by atoms with E-state index in [1.54, 1.807) is 0 Å². The average Bonchev–Trinajstić information content (AvgIpc) is 2.62. The van der Waals surface area contributed by atoms with Gasteiger partial charge < -0.3 is 16.0 Å². The molecule has 0 aliphatic heterocycles. The summed E-state index contributed by atoms with van der Waals surface area (Å²) >= 11 is 0. The number of benzene rings is 1. The first-order valence-electron chi connectivity index (χ1n) is 6.23. The smallest absolute Gasteiger partial charge is 0.0628 e. The Labute approximate surface area is 102 Å². The lowest BCUT2D eigenvalue weighted by molar-refractivity contribution is 0.568. The Morgan fingerprint density at radius 3 is 2.88 bits per heavy atom. The van der Waals surface area contributed by atoms with Crippen LogP contribution in [0, 0.1) is 12.8 Å². The summed E-state index contributed by atoms with van der Waals surface area (Å²) in [6, 6.07) is 8.38. The lowest BCUT2D eigenvalue weighted by atomic mass is 10.1. The first-order chi connectivity index (χ1) is 8.22. The van der Waals surface area contributed by atoms with E-state index in [4.69, 9.17) is 5.73 Å². The van der Waals surface area contributed by atoms with Gasteiger partial charge >= 0.3 is 0 Å². The molecule has 1 atom stereocenters. The van der Waals surface area contributed by atoms with E-state index in [9.17, 15) is 0 Å². The second-order valence-corrected chi connectivity index (χ2v) is 4.73. The zero-order chi connectivity index (χ0) is 12.3. The molecule has 1 unspecified atom stereocenters. The van der Waals surface area contributed by atoms with Crippen LogP contribution in [0.1, 0.15) is 19.0 Å². The van der Waals surface area contributed by atoms with E-state index in [0.29, 0.717) is 5.92 Å². The van der Waals surface area contributed by atoms with Crippen molar-refractivity contribution in [2.45, 2.75) is 20.3 Å². The molecule has 4 N–H and O–H groups in total. The van der Waals surface area contributed by atoms with Crippen LogP contribution in [0.25, 0.3) is 10.9 Å². The summed E-state index contributed by atoms with van der Waals surface area (Å²) in [5, 5.41) is 4.80. The first-order valence-corrected chi connectivity index (χ1v) is 6.23. The molecule has 0 saturated heterocycles. The van der Waals surface area contributed by atoms with Crippen LogP contribution in [0.5, 0.6) is 0 Å². The number of nitrogens with two attached hydrogens (primary N) is 1. The van der Waals surface area contributed by atoms with E-state index >= 15 is 0 Å². The molecule has 1 heterocycles. The molecule has 0 spiro atoms. The van der Waals surface area contributed by atoms with E-state index < -0.39 is 0 Å². The second kappa shape index (κ2) is 5.23. The van der Waals surface area contributed by atoms with E-state index in [2.05, 4.69) is 48.4 Å². The third kappa shape index (κ3) is 2.61. The Bertz CT molecular complexity index is 487. The van der Waals surface area contributed by atoms with Gasteiger partial charge in [-0.25, -0.2) is 0 Å². The lowest BCUT2D eigenvalue weighted by Crippen LogP contribution is -2.15.